The standard InChI is InChI=1S/C19H29N3O5S/c23-19(20-8-11-21-12-14-26-15-13-21)16-27-17-4-6-18(7-5-17)28(24,25)22-9-2-1-3-10-22/h4-7H,1-3,8-16H2,(H,20,23). The first-order valence-corrected chi connectivity index (χ1v) is 11.3. The van der Waals surface area contributed by atoms with Gasteiger partial charge in [0.15, 0.2) is 6.61 Å². The molecule has 2 saturated heterocycles. The summed E-state index contributed by atoms with van der Waals surface area (Å²) in [6.07, 6.45) is 2.88. The maximum absolute atomic E-state index is 12.6. The van der Waals surface area contributed by atoms with Gasteiger partial charge in [0.1, 0.15) is 5.75 Å². The topological polar surface area (TPSA) is 88.2 Å². The number of hydrogen-bond acceptors (Lipinski definition) is 6. The Balaban J connectivity index is 1.41. The summed E-state index contributed by atoms with van der Waals surface area (Å²) in [5, 5.41) is 2.83. The second kappa shape index (κ2) is 10.2. The Kier molecular flexibility index (Phi) is 7.66. The molecular formula is C19H29N3O5S. The van der Waals surface area contributed by atoms with Crippen molar-refractivity contribution in [3.8, 4) is 5.75 Å². The molecule has 1 amide bonds. The third kappa shape index (κ3) is 5.91. The molecule has 0 atom stereocenters. The molecule has 9 heteroatoms. The highest BCUT2D eigenvalue weighted by molar-refractivity contribution is 7.89. The summed E-state index contributed by atoms with van der Waals surface area (Å²) in [4.78, 5) is 14.4. The van der Waals surface area contributed by atoms with E-state index in [-0.39, 0.29) is 17.4 Å². The van der Waals surface area contributed by atoms with Crippen LogP contribution < -0.4 is 10.1 Å². The van der Waals surface area contributed by atoms with Crippen LogP contribution in [0.25, 0.3) is 0 Å². The first-order chi connectivity index (χ1) is 13.6. The fraction of sp³-hybridized carbons (Fsp3) is 0.632. The molecular weight excluding hydrogens is 382 g/mol. The predicted molar refractivity (Wildman–Crippen MR) is 105 cm³/mol. The highest BCUT2D eigenvalue weighted by Crippen LogP contribution is 2.22. The van der Waals surface area contributed by atoms with E-state index in [1.54, 1.807) is 12.1 Å². The third-order valence-corrected chi connectivity index (χ3v) is 6.91. The van der Waals surface area contributed by atoms with Gasteiger partial charge >= 0.3 is 0 Å². The highest BCUT2D eigenvalue weighted by Gasteiger charge is 2.25. The van der Waals surface area contributed by atoms with E-state index < -0.39 is 10.0 Å². The van der Waals surface area contributed by atoms with Crippen LogP contribution in [-0.2, 0) is 19.6 Å². The highest BCUT2D eigenvalue weighted by atomic mass is 32.2. The molecule has 2 heterocycles. The van der Waals surface area contributed by atoms with Gasteiger partial charge in [0.2, 0.25) is 10.0 Å². The Morgan fingerprint density at radius 2 is 1.71 bits per heavy atom. The molecule has 1 aromatic rings. The molecule has 1 N–H and O–H groups in total. The van der Waals surface area contributed by atoms with Crippen molar-refractivity contribution < 1.29 is 22.7 Å². The van der Waals surface area contributed by atoms with Gasteiger partial charge in [-0.3, -0.25) is 9.69 Å². The normalized spacial score (nSPS) is 19.3. The minimum Gasteiger partial charge on any atom is -0.484 e. The molecule has 0 saturated carbocycles. The second-order valence-electron chi connectivity index (χ2n) is 7.03. The van der Waals surface area contributed by atoms with Gasteiger partial charge in [-0.05, 0) is 37.1 Å². The van der Waals surface area contributed by atoms with Crippen molar-refractivity contribution in [1.82, 2.24) is 14.5 Å². The van der Waals surface area contributed by atoms with E-state index in [4.69, 9.17) is 9.47 Å². The van der Waals surface area contributed by atoms with E-state index in [0.29, 0.717) is 25.4 Å². The van der Waals surface area contributed by atoms with E-state index in [1.807, 2.05) is 0 Å². The van der Waals surface area contributed by atoms with Crippen LogP contribution in [0.4, 0.5) is 0 Å². The summed E-state index contributed by atoms with van der Waals surface area (Å²) < 4.78 is 37.5. The Morgan fingerprint density at radius 3 is 2.39 bits per heavy atom. The molecule has 0 spiro atoms. The van der Waals surface area contributed by atoms with Gasteiger partial charge in [0, 0.05) is 39.3 Å². The molecule has 2 fully saturated rings. The predicted octanol–water partition coefficient (Wildman–Crippen LogP) is 0.688. The average Bonchev–Trinajstić information content (AvgIpc) is 2.74. The van der Waals surface area contributed by atoms with Crippen molar-refractivity contribution in [3.05, 3.63) is 24.3 Å². The summed E-state index contributed by atoms with van der Waals surface area (Å²) in [5.74, 6) is 0.277. The van der Waals surface area contributed by atoms with Gasteiger partial charge in [0.05, 0.1) is 18.1 Å². The molecule has 156 valence electrons. The SMILES string of the molecule is O=C(COc1ccc(S(=O)(=O)N2CCCCC2)cc1)NCCN1CCOCC1. The summed E-state index contributed by atoms with van der Waals surface area (Å²) in [6.45, 7) is 5.66. The molecule has 0 bridgehead atoms. The summed E-state index contributed by atoms with van der Waals surface area (Å²) in [5.41, 5.74) is 0. The zero-order valence-corrected chi connectivity index (χ0v) is 17.0. The number of carbonyl (C=O) groups excluding carboxylic acids is 1. The zero-order valence-electron chi connectivity index (χ0n) is 16.1. The molecule has 3 rings (SSSR count). The summed E-state index contributed by atoms with van der Waals surface area (Å²) in [6, 6.07) is 6.26. The lowest BCUT2D eigenvalue weighted by Gasteiger charge is -2.26. The number of carbonyl (C=O) groups is 1. The van der Waals surface area contributed by atoms with Gasteiger partial charge < -0.3 is 14.8 Å². The van der Waals surface area contributed by atoms with Gasteiger partial charge in [-0.1, -0.05) is 6.42 Å². The number of ether oxygens (including phenoxy) is 2. The van der Waals surface area contributed by atoms with Crippen LogP contribution in [0.5, 0.6) is 5.75 Å². The van der Waals surface area contributed by atoms with Crippen LogP contribution >= 0.6 is 0 Å². The van der Waals surface area contributed by atoms with Crippen molar-refractivity contribution in [2.24, 2.45) is 0 Å². The molecule has 0 aliphatic carbocycles. The number of rotatable bonds is 8. The number of amides is 1. The number of benzene rings is 1. The van der Waals surface area contributed by atoms with E-state index >= 15 is 0 Å². The maximum Gasteiger partial charge on any atom is 0.257 e. The third-order valence-electron chi connectivity index (χ3n) is 5.00. The van der Waals surface area contributed by atoms with Crippen molar-refractivity contribution in [2.75, 3.05) is 59.1 Å². The summed E-state index contributed by atoms with van der Waals surface area (Å²) >= 11 is 0. The lowest BCUT2D eigenvalue weighted by molar-refractivity contribution is -0.123. The number of nitrogens with one attached hydrogen (secondary N) is 1. The average molecular weight is 412 g/mol. The van der Waals surface area contributed by atoms with Gasteiger partial charge in [-0.25, -0.2) is 8.42 Å². The lowest BCUT2D eigenvalue weighted by Crippen LogP contribution is -2.42. The first kappa shape index (κ1) is 21.0. The van der Waals surface area contributed by atoms with Crippen LogP contribution in [0.15, 0.2) is 29.2 Å². The maximum atomic E-state index is 12.6. The number of sulfonamides is 1. The van der Waals surface area contributed by atoms with Crippen molar-refractivity contribution in [1.29, 1.82) is 0 Å². The monoisotopic (exact) mass is 411 g/mol. The quantitative estimate of drug-likeness (QED) is 0.677. The lowest BCUT2D eigenvalue weighted by atomic mass is 10.2. The van der Waals surface area contributed by atoms with Crippen molar-refractivity contribution >= 4 is 15.9 Å². The fourth-order valence-corrected chi connectivity index (χ4v) is 4.86. The van der Waals surface area contributed by atoms with Crippen molar-refractivity contribution in [2.45, 2.75) is 24.2 Å². The number of hydrogen-bond donors (Lipinski definition) is 1. The van der Waals surface area contributed by atoms with Gasteiger partial charge in [-0.15, -0.1) is 0 Å². The first-order valence-electron chi connectivity index (χ1n) is 9.85. The fourth-order valence-electron chi connectivity index (χ4n) is 3.34. The number of piperidine rings is 1. The van der Waals surface area contributed by atoms with Gasteiger partial charge in [0.25, 0.3) is 5.91 Å². The van der Waals surface area contributed by atoms with Crippen molar-refractivity contribution in [3.63, 3.8) is 0 Å². The second-order valence-corrected chi connectivity index (χ2v) is 8.97. The van der Waals surface area contributed by atoms with Crippen LogP contribution in [0.1, 0.15) is 19.3 Å². The minimum absolute atomic E-state index is 0.0959. The molecule has 0 aromatic heterocycles. The van der Waals surface area contributed by atoms with Crippen LogP contribution in [-0.4, -0.2) is 82.6 Å². The summed E-state index contributed by atoms with van der Waals surface area (Å²) in [7, 11) is -3.45. The number of nitrogens with zero attached hydrogens (tertiary/aromatic N) is 2. The molecule has 2 aliphatic rings. The number of morpholine rings is 1. The van der Waals surface area contributed by atoms with E-state index in [0.717, 1.165) is 52.1 Å². The smallest absolute Gasteiger partial charge is 0.257 e. The molecule has 8 nitrogen and oxygen atoms in total. The van der Waals surface area contributed by atoms with Crippen LogP contribution in [0, 0.1) is 0 Å². The largest absolute Gasteiger partial charge is 0.484 e. The Hall–Kier alpha value is -1.68. The van der Waals surface area contributed by atoms with Gasteiger partial charge in [-0.2, -0.15) is 4.31 Å². The zero-order chi connectivity index (χ0) is 19.8. The minimum atomic E-state index is -3.45. The van der Waals surface area contributed by atoms with E-state index in [2.05, 4.69) is 10.2 Å². The molecule has 28 heavy (non-hydrogen) atoms. The molecule has 2 aliphatic heterocycles. The molecule has 0 radical (unpaired) electrons. The van der Waals surface area contributed by atoms with E-state index in [1.165, 1.54) is 16.4 Å². The Bertz CT molecular complexity index is 726. The Morgan fingerprint density at radius 1 is 1.04 bits per heavy atom. The van der Waals surface area contributed by atoms with Crippen LogP contribution in [0.2, 0.25) is 0 Å². The molecule has 0 unspecified atom stereocenters. The molecule has 1 aromatic carbocycles. The van der Waals surface area contributed by atoms with E-state index in [9.17, 15) is 13.2 Å². The Labute approximate surface area is 166 Å². The van der Waals surface area contributed by atoms with Crippen LogP contribution in [0.3, 0.4) is 0 Å².